The highest BCUT2D eigenvalue weighted by Gasteiger charge is 2.39. The lowest BCUT2D eigenvalue weighted by molar-refractivity contribution is -0.137. The molecule has 1 aliphatic heterocycles. The number of para-hydroxylation sites is 1. The molecule has 0 bridgehead atoms. The van der Waals surface area contributed by atoms with Crippen molar-refractivity contribution in [3.05, 3.63) is 65.4 Å². The second kappa shape index (κ2) is 10.8. The highest BCUT2D eigenvalue weighted by atomic mass is 16.5. The molecule has 0 saturated carbocycles. The Balaban J connectivity index is 1.84. The average molecular weight is 423 g/mol. The van der Waals surface area contributed by atoms with Crippen LogP contribution in [-0.2, 0) is 14.3 Å². The third-order valence-electron chi connectivity index (χ3n) is 5.26. The molecule has 2 amide bonds. The van der Waals surface area contributed by atoms with E-state index in [1.807, 2.05) is 31.2 Å². The van der Waals surface area contributed by atoms with Crippen LogP contribution in [-0.4, -0.2) is 43.6 Å². The molecule has 0 spiro atoms. The fraction of sp³-hybridized carbons (Fsp3) is 0.360. The summed E-state index contributed by atoms with van der Waals surface area (Å²) < 4.78 is 10.8. The molecule has 0 atom stereocenters. The maximum Gasteiger partial charge on any atom is 0.278 e. The van der Waals surface area contributed by atoms with Gasteiger partial charge in [0.25, 0.3) is 11.8 Å². The van der Waals surface area contributed by atoms with Gasteiger partial charge in [-0.3, -0.25) is 14.5 Å². The molecule has 2 aromatic carbocycles. The minimum atomic E-state index is -0.312. The Morgan fingerprint density at radius 2 is 1.65 bits per heavy atom. The number of ether oxygens (including phenoxy) is 2. The first-order chi connectivity index (χ1) is 15.1. The van der Waals surface area contributed by atoms with Gasteiger partial charge in [-0.05, 0) is 49.1 Å². The number of hydrogen-bond acceptors (Lipinski definition) is 5. The van der Waals surface area contributed by atoms with Crippen LogP contribution in [0.4, 0.5) is 5.69 Å². The van der Waals surface area contributed by atoms with Crippen molar-refractivity contribution in [2.45, 2.75) is 33.1 Å². The van der Waals surface area contributed by atoms with Crippen molar-refractivity contribution in [1.82, 2.24) is 4.90 Å². The predicted octanol–water partition coefficient (Wildman–Crippen LogP) is 4.40. The Hall–Kier alpha value is -3.12. The Morgan fingerprint density at radius 3 is 2.32 bits per heavy atom. The van der Waals surface area contributed by atoms with Crippen LogP contribution < -0.4 is 10.1 Å². The monoisotopic (exact) mass is 422 g/mol. The standard InChI is InChI=1S/C25H30N2O4/c1-4-5-16-31-17-8-15-27-24(28)22(19-11-13-20(30-3)14-12-19)23(25(27)29)26-21-10-7-6-9-18(21)2/h6-7,9-14,26H,4-5,8,15-17H2,1-3H3. The van der Waals surface area contributed by atoms with E-state index in [-0.39, 0.29) is 11.8 Å². The van der Waals surface area contributed by atoms with Crippen LogP contribution in [0.2, 0.25) is 0 Å². The lowest BCUT2D eigenvalue weighted by Crippen LogP contribution is -2.34. The first-order valence-electron chi connectivity index (χ1n) is 10.7. The van der Waals surface area contributed by atoms with Crippen LogP contribution in [0.15, 0.2) is 54.2 Å². The molecule has 0 unspecified atom stereocenters. The van der Waals surface area contributed by atoms with Gasteiger partial charge >= 0.3 is 0 Å². The number of imide groups is 1. The van der Waals surface area contributed by atoms with E-state index >= 15 is 0 Å². The van der Waals surface area contributed by atoms with Crippen LogP contribution in [0.3, 0.4) is 0 Å². The van der Waals surface area contributed by atoms with Crippen LogP contribution in [0.25, 0.3) is 5.57 Å². The van der Waals surface area contributed by atoms with E-state index in [9.17, 15) is 9.59 Å². The van der Waals surface area contributed by atoms with E-state index in [2.05, 4.69) is 12.2 Å². The molecule has 6 heteroatoms. The molecule has 1 aliphatic rings. The average Bonchev–Trinajstić information content (AvgIpc) is 3.01. The number of carbonyl (C=O) groups excluding carboxylic acids is 2. The van der Waals surface area contributed by atoms with Crippen molar-refractivity contribution in [3.8, 4) is 5.75 Å². The summed E-state index contributed by atoms with van der Waals surface area (Å²) in [6.45, 7) is 5.62. The zero-order valence-corrected chi connectivity index (χ0v) is 18.4. The van der Waals surface area contributed by atoms with E-state index in [0.29, 0.717) is 48.8 Å². The SMILES string of the molecule is CCCCOCCCN1C(=O)C(Nc2ccccc2C)=C(c2ccc(OC)cc2)C1=O. The van der Waals surface area contributed by atoms with E-state index < -0.39 is 0 Å². The lowest BCUT2D eigenvalue weighted by Gasteiger charge is -2.15. The Bertz CT molecular complexity index is 950. The lowest BCUT2D eigenvalue weighted by atomic mass is 10.0. The third-order valence-corrected chi connectivity index (χ3v) is 5.26. The number of carbonyl (C=O) groups is 2. The topological polar surface area (TPSA) is 67.9 Å². The van der Waals surface area contributed by atoms with Gasteiger partial charge in [-0.1, -0.05) is 43.7 Å². The summed E-state index contributed by atoms with van der Waals surface area (Å²) in [6, 6.07) is 14.9. The predicted molar refractivity (Wildman–Crippen MR) is 122 cm³/mol. The summed E-state index contributed by atoms with van der Waals surface area (Å²) in [4.78, 5) is 27.8. The summed E-state index contributed by atoms with van der Waals surface area (Å²) >= 11 is 0. The van der Waals surface area contributed by atoms with Gasteiger partial charge in [-0.2, -0.15) is 0 Å². The van der Waals surface area contributed by atoms with Crippen molar-refractivity contribution in [2.75, 3.05) is 32.2 Å². The van der Waals surface area contributed by atoms with E-state index in [4.69, 9.17) is 9.47 Å². The molecule has 3 rings (SSSR count). The number of amides is 2. The Morgan fingerprint density at radius 1 is 0.935 bits per heavy atom. The molecule has 0 aliphatic carbocycles. The Kier molecular flexibility index (Phi) is 7.84. The number of benzene rings is 2. The van der Waals surface area contributed by atoms with Crippen LogP contribution in [0.5, 0.6) is 5.75 Å². The number of methoxy groups -OCH3 is 1. The van der Waals surface area contributed by atoms with Crippen molar-refractivity contribution in [2.24, 2.45) is 0 Å². The molecule has 2 aromatic rings. The van der Waals surface area contributed by atoms with Crippen LogP contribution in [0.1, 0.15) is 37.3 Å². The molecule has 1 N–H and O–H groups in total. The number of anilines is 1. The molecule has 1 heterocycles. The maximum absolute atomic E-state index is 13.3. The minimum Gasteiger partial charge on any atom is -0.497 e. The zero-order chi connectivity index (χ0) is 22.2. The van der Waals surface area contributed by atoms with E-state index in [0.717, 1.165) is 24.1 Å². The quantitative estimate of drug-likeness (QED) is 0.429. The number of nitrogens with zero attached hydrogens (tertiary/aromatic N) is 1. The first kappa shape index (κ1) is 22.6. The molecule has 0 fully saturated rings. The molecule has 0 aromatic heterocycles. The Labute approximate surface area is 183 Å². The molecular weight excluding hydrogens is 392 g/mol. The summed E-state index contributed by atoms with van der Waals surface area (Å²) in [6.07, 6.45) is 2.69. The molecule has 0 saturated heterocycles. The number of nitrogens with one attached hydrogen (secondary N) is 1. The second-order valence-electron chi connectivity index (χ2n) is 7.50. The van der Waals surface area contributed by atoms with Gasteiger partial charge in [0, 0.05) is 25.4 Å². The van der Waals surface area contributed by atoms with E-state index in [1.165, 1.54) is 4.90 Å². The van der Waals surface area contributed by atoms with Crippen molar-refractivity contribution in [1.29, 1.82) is 0 Å². The summed E-state index contributed by atoms with van der Waals surface area (Å²) in [7, 11) is 1.59. The zero-order valence-electron chi connectivity index (χ0n) is 18.4. The smallest absolute Gasteiger partial charge is 0.278 e. The highest BCUT2D eigenvalue weighted by Crippen LogP contribution is 2.32. The van der Waals surface area contributed by atoms with Crippen molar-refractivity contribution in [3.63, 3.8) is 0 Å². The van der Waals surface area contributed by atoms with Crippen LogP contribution in [0, 0.1) is 6.92 Å². The van der Waals surface area contributed by atoms with Gasteiger partial charge in [-0.25, -0.2) is 0 Å². The second-order valence-corrected chi connectivity index (χ2v) is 7.50. The van der Waals surface area contributed by atoms with Gasteiger partial charge in [0.1, 0.15) is 11.4 Å². The maximum atomic E-state index is 13.3. The highest BCUT2D eigenvalue weighted by molar-refractivity contribution is 6.36. The normalized spacial score (nSPS) is 13.8. The molecular formula is C25H30N2O4. The van der Waals surface area contributed by atoms with Crippen molar-refractivity contribution < 1.29 is 19.1 Å². The number of unbranched alkanes of at least 4 members (excludes halogenated alkanes) is 1. The minimum absolute atomic E-state index is 0.292. The van der Waals surface area contributed by atoms with Gasteiger partial charge in [0.15, 0.2) is 0 Å². The van der Waals surface area contributed by atoms with E-state index in [1.54, 1.807) is 31.4 Å². The summed E-state index contributed by atoms with van der Waals surface area (Å²) in [5.41, 5.74) is 3.15. The number of rotatable bonds is 11. The molecule has 0 radical (unpaired) electrons. The van der Waals surface area contributed by atoms with Gasteiger partial charge in [0.05, 0.1) is 12.7 Å². The fourth-order valence-corrected chi connectivity index (χ4v) is 3.44. The first-order valence-corrected chi connectivity index (χ1v) is 10.7. The summed E-state index contributed by atoms with van der Waals surface area (Å²) in [5.74, 6) is 0.0862. The van der Waals surface area contributed by atoms with Crippen LogP contribution >= 0.6 is 0 Å². The number of hydrogen-bond donors (Lipinski definition) is 1. The van der Waals surface area contributed by atoms with Gasteiger partial charge < -0.3 is 14.8 Å². The molecule has 164 valence electrons. The molecule has 31 heavy (non-hydrogen) atoms. The fourth-order valence-electron chi connectivity index (χ4n) is 3.44. The van der Waals surface area contributed by atoms with Gasteiger partial charge in [0.2, 0.25) is 0 Å². The number of aryl methyl sites for hydroxylation is 1. The largest absolute Gasteiger partial charge is 0.497 e. The van der Waals surface area contributed by atoms with Crippen molar-refractivity contribution >= 4 is 23.1 Å². The molecule has 6 nitrogen and oxygen atoms in total. The summed E-state index contributed by atoms with van der Waals surface area (Å²) in [5, 5.41) is 3.22. The third kappa shape index (κ3) is 5.33. The van der Waals surface area contributed by atoms with Gasteiger partial charge in [-0.15, -0.1) is 0 Å².